The van der Waals surface area contributed by atoms with E-state index in [4.69, 9.17) is 15.7 Å². The largest absolute Gasteiger partial charge is 0.409 e. The van der Waals surface area contributed by atoms with Gasteiger partial charge in [-0.05, 0) is 20.3 Å². The second-order valence-corrected chi connectivity index (χ2v) is 3.87. The zero-order valence-electron chi connectivity index (χ0n) is 8.81. The Hall–Kier alpha value is -0.810. The number of ether oxygens (including phenoxy) is 1. The van der Waals surface area contributed by atoms with E-state index in [0.29, 0.717) is 18.6 Å². The molecule has 0 aliphatic carbocycles. The molecule has 1 heterocycles. The van der Waals surface area contributed by atoms with Crippen LogP contribution in [0.2, 0.25) is 0 Å². The van der Waals surface area contributed by atoms with Crippen LogP contribution in [-0.4, -0.2) is 47.8 Å². The highest BCUT2D eigenvalue weighted by molar-refractivity contribution is 5.81. The first-order chi connectivity index (χ1) is 6.65. The topological polar surface area (TPSA) is 71.1 Å². The van der Waals surface area contributed by atoms with Crippen LogP contribution < -0.4 is 5.73 Å². The molecule has 0 aromatic rings. The van der Waals surface area contributed by atoms with Gasteiger partial charge in [-0.15, -0.1) is 0 Å². The number of nitrogens with two attached hydrogens (primary N) is 1. The van der Waals surface area contributed by atoms with Crippen LogP contribution in [0.5, 0.6) is 0 Å². The van der Waals surface area contributed by atoms with E-state index in [0.717, 1.165) is 19.6 Å². The highest BCUT2D eigenvalue weighted by Crippen LogP contribution is 2.14. The second kappa shape index (κ2) is 5.17. The predicted molar refractivity (Wildman–Crippen MR) is 54.5 cm³/mol. The smallest absolute Gasteiger partial charge is 0.153 e. The van der Waals surface area contributed by atoms with Crippen molar-refractivity contribution in [3.63, 3.8) is 0 Å². The molecule has 1 unspecified atom stereocenters. The number of oxime groups is 1. The van der Waals surface area contributed by atoms with Gasteiger partial charge in [-0.2, -0.15) is 0 Å². The summed E-state index contributed by atoms with van der Waals surface area (Å²) < 4.78 is 5.32. The van der Waals surface area contributed by atoms with Crippen LogP contribution in [0.1, 0.15) is 20.3 Å². The molecule has 1 rings (SSSR count). The minimum absolute atomic E-state index is 0.255. The number of amidine groups is 1. The van der Waals surface area contributed by atoms with Crippen LogP contribution in [0.25, 0.3) is 0 Å². The minimum atomic E-state index is 0.255. The third-order valence-electron chi connectivity index (χ3n) is 2.51. The Kier molecular flexibility index (Phi) is 4.16. The molecule has 14 heavy (non-hydrogen) atoms. The molecule has 0 aromatic carbocycles. The van der Waals surface area contributed by atoms with Crippen LogP contribution in [0, 0.1) is 0 Å². The molecule has 0 bridgehead atoms. The number of rotatable bonds is 4. The second-order valence-electron chi connectivity index (χ2n) is 3.87. The maximum atomic E-state index is 8.51. The van der Waals surface area contributed by atoms with Crippen molar-refractivity contribution in [2.45, 2.75) is 32.4 Å². The summed E-state index contributed by atoms with van der Waals surface area (Å²) in [6, 6.07) is 0.775. The molecule has 0 amide bonds. The van der Waals surface area contributed by atoms with Gasteiger partial charge in [0.15, 0.2) is 5.84 Å². The quantitative estimate of drug-likeness (QED) is 0.296. The average molecular weight is 201 g/mol. The molecule has 1 aliphatic heterocycles. The molecule has 0 aromatic heterocycles. The summed E-state index contributed by atoms with van der Waals surface area (Å²) in [4.78, 5) is 2.20. The Labute approximate surface area is 84.5 Å². The van der Waals surface area contributed by atoms with Gasteiger partial charge >= 0.3 is 0 Å². The fourth-order valence-corrected chi connectivity index (χ4v) is 1.74. The Bertz CT molecular complexity index is 200. The van der Waals surface area contributed by atoms with E-state index in [2.05, 4.69) is 23.9 Å². The first kappa shape index (κ1) is 11.3. The van der Waals surface area contributed by atoms with Gasteiger partial charge in [0.25, 0.3) is 0 Å². The molecule has 3 N–H and O–H groups in total. The van der Waals surface area contributed by atoms with Crippen molar-refractivity contribution in [3.05, 3.63) is 0 Å². The van der Waals surface area contributed by atoms with Crippen LogP contribution in [0.4, 0.5) is 0 Å². The monoisotopic (exact) mass is 201 g/mol. The molecule has 82 valence electrons. The van der Waals surface area contributed by atoms with Gasteiger partial charge in [-0.3, -0.25) is 4.90 Å². The standard InChI is InChI=1S/C9H19N3O2/c1-7(2)12(5-9(10)11-13)8-3-4-14-6-8/h7-8,13H,3-6H2,1-2H3,(H2,10,11). The average Bonchev–Trinajstić information content (AvgIpc) is 2.65. The summed E-state index contributed by atoms with van der Waals surface area (Å²) in [6.07, 6.45) is 1.02. The zero-order valence-corrected chi connectivity index (χ0v) is 8.81. The first-order valence-corrected chi connectivity index (χ1v) is 4.95. The molecule has 1 fully saturated rings. The summed E-state index contributed by atoms with van der Waals surface area (Å²) in [5, 5.41) is 11.5. The molecule has 0 spiro atoms. The summed E-state index contributed by atoms with van der Waals surface area (Å²) in [5.41, 5.74) is 5.50. The number of hydrogen-bond donors (Lipinski definition) is 2. The van der Waals surface area contributed by atoms with Crippen LogP contribution in [0.15, 0.2) is 5.16 Å². The van der Waals surface area contributed by atoms with Gasteiger partial charge in [0.05, 0.1) is 13.2 Å². The van der Waals surface area contributed by atoms with Crippen LogP contribution in [-0.2, 0) is 4.74 Å². The van der Waals surface area contributed by atoms with Crippen molar-refractivity contribution in [3.8, 4) is 0 Å². The minimum Gasteiger partial charge on any atom is -0.409 e. The Morgan fingerprint density at radius 3 is 2.86 bits per heavy atom. The predicted octanol–water partition coefficient (Wildman–Crippen LogP) is 0.232. The Morgan fingerprint density at radius 1 is 1.71 bits per heavy atom. The molecular formula is C9H19N3O2. The Morgan fingerprint density at radius 2 is 2.43 bits per heavy atom. The zero-order chi connectivity index (χ0) is 10.6. The lowest BCUT2D eigenvalue weighted by molar-refractivity contribution is 0.133. The third-order valence-corrected chi connectivity index (χ3v) is 2.51. The fourth-order valence-electron chi connectivity index (χ4n) is 1.74. The summed E-state index contributed by atoms with van der Waals surface area (Å²) in [6.45, 7) is 6.26. The number of hydrogen-bond acceptors (Lipinski definition) is 4. The lowest BCUT2D eigenvalue weighted by Crippen LogP contribution is -2.45. The highest BCUT2D eigenvalue weighted by Gasteiger charge is 2.25. The molecule has 0 saturated carbocycles. The van der Waals surface area contributed by atoms with E-state index in [1.165, 1.54) is 0 Å². The van der Waals surface area contributed by atoms with Gasteiger partial charge in [-0.25, -0.2) is 0 Å². The van der Waals surface area contributed by atoms with Gasteiger partial charge in [0, 0.05) is 18.7 Å². The molecule has 1 atom stereocenters. The van der Waals surface area contributed by atoms with Crippen LogP contribution >= 0.6 is 0 Å². The normalized spacial score (nSPS) is 23.7. The lowest BCUT2D eigenvalue weighted by Gasteiger charge is -2.30. The summed E-state index contributed by atoms with van der Waals surface area (Å²) >= 11 is 0. The van der Waals surface area contributed by atoms with E-state index >= 15 is 0 Å². The van der Waals surface area contributed by atoms with Crippen molar-refractivity contribution in [2.75, 3.05) is 19.8 Å². The molecule has 5 heteroatoms. The van der Waals surface area contributed by atoms with Gasteiger partial charge in [-0.1, -0.05) is 5.16 Å². The lowest BCUT2D eigenvalue weighted by atomic mass is 10.1. The van der Waals surface area contributed by atoms with Gasteiger partial charge in [0.2, 0.25) is 0 Å². The fraction of sp³-hybridized carbons (Fsp3) is 0.889. The van der Waals surface area contributed by atoms with E-state index in [1.807, 2.05) is 0 Å². The SMILES string of the molecule is CC(C)N(CC(N)=NO)C1CCOC1. The molecule has 1 aliphatic rings. The third kappa shape index (κ3) is 2.85. The van der Waals surface area contributed by atoms with Gasteiger partial charge in [0.1, 0.15) is 0 Å². The molecule has 0 radical (unpaired) electrons. The van der Waals surface area contributed by atoms with E-state index in [9.17, 15) is 0 Å². The summed E-state index contributed by atoms with van der Waals surface area (Å²) in [5.74, 6) is 0.255. The van der Waals surface area contributed by atoms with Crippen LogP contribution in [0.3, 0.4) is 0 Å². The van der Waals surface area contributed by atoms with Gasteiger partial charge < -0.3 is 15.7 Å². The first-order valence-electron chi connectivity index (χ1n) is 4.95. The van der Waals surface area contributed by atoms with Crippen molar-refractivity contribution >= 4 is 5.84 Å². The maximum Gasteiger partial charge on any atom is 0.153 e. The molecular weight excluding hydrogens is 182 g/mol. The maximum absolute atomic E-state index is 8.51. The van der Waals surface area contributed by atoms with E-state index in [-0.39, 0.29) is 5.84 Å². The molecule has 5 nitrogen and oxygen atoms in total. The highest BCUT2D eigenvalue weighted by atomic mass is 16.5. The van der Waals surface area contributed by atoms with Crippen molar-refractivity contribution < 1.29 is 9.94 Å². The van der Waals surface area contributed by atoms with E-state index < -0.39 is 0 Å². The van der Waals surface area contributed by atoms with Crippen molar-refractivity contribution in [2.24, 2.45) is 10.9 Å². The van der Waals surface area contributed by atoms with E-state index in [1.54, 1.807) is 0 Å². The molecule has 1 saturated heterocycles. The van der Waals surface area contributed by atoms with Crippen molar-refractivity contribution in [1.29, 1.82) is 0 Å². The number of nitrogens with zero attached hydrogens (tertiary/aromatic N) is 2. The summed E-state index contributed by atoms with van der Waals surface area (Å²) in [7, 11) is 0. The Balaban J connectivity index is 2.54. The van der Waals surface area contributed by atoms with Crippen molar-refractivity contribution in [1.82, 2.24) is 4.90 Å².